The van der Waals surface area contributed by atoms with Crippen molar-refractivity contribution in [2.75, 3.05) is 24.2 Å². The van der Waals surface area contributed by atoms with Gasteiger partial charge in [-0.15, -0.1) is 0 Å². The fourth-order valence-electron chi connectivity index (χ4n) is 6.01. The minimum atomic E-state index is -0.920. The molecule has 3 aromatic rings. The van der Waals surface area contributed by atoms with Gasteiger partial charge in [0.1, 0.15) is 17.3 Å². The van der Waals surface area contributed by atoms with Crippen LogP contribution in [0.1, 0.15) is 55.2 Å². The lowest BCUT2D eigenvalue weighted by Gasteiger charge is -2.54. The van der Waals surface area contributed by atoms with Crippen LogP contribution in [0.4, 0.5) is 10.6 Å². The Morgan fingerprint density at radius 3 is 2.57 bits per heavy atom. The van der Waals surface area contributed by atoms with Gasteiger partial charge in [0.2, 0.25) is 5.78 Å². The minimum absolute atomic E-state index is 0.0750. The van der Waals surface area contributed by atoms with E-state index >= 15 is 0 Å². The van der Waals surface area contributed by atoms with Crippen molar-refractivity contribution in [2.45, 2.75) is 50.4 Å². The first-order valence-electron chi connectivity index (χ1n) is 12.3. The third-order valence-electron chi connectivity index (χ3n) is 7.92. The standard InChI is InChI=1S/C28H29N5O3S/c1-27(2,3)28-13-12-18(33(28)26(35)36)15-32(16-28)24-21(14-29)22(30-25(31-24)37-4)23(34)20-11-7-9-17-8-5-6-10-19(17)20/h5-11,18H,12-13,15-16H2,1-4H3,(H,35,36)/t18-,28-/m0/s1. The van der Waals surface area contributed by atoms with Gasteiger partial charge in [-0.05, 0) is 35.3 Å². The van der Waals surface area contributed by atoms with E-state index in [1.807, 2.05) is 47.6 Å². The highest BCUT2D eigenvalue weighted by Crippen LogP contribution is 2.50. The molecule has 2 atom stereocenters. The SMILES string of the molecule is CSc1nc(C(=O)c2cccc3ccccc23)c(C#N)c(N2C[C@@H]3CC[C@@](C(C)(C)C)(C2)N3C(=O)O)n1. The minimum Gasteiger partial charge on any atom is -0.465 e. The fraction of sp³-hybridized carbons (Fsp3) is 0.393. The molecule has 37 heavy (non-hydrogen) atoms. The third kappa shape index (κ3) is 3.91. The van der Waals surface area contributed by atoms with Crippen LogP contribution in [0.25, 0.3) is 10.8 Å². The van der Waals surface area contributed by atoms with E-state index in [0.29, 0.717) is 29.6 Å². The number of carbonyl (C=O) groups excluding carboxylic acids is 1. The molecule has 190 valence electrons. The van der Waals surface area contributed by atoms with E-state index in [0.717, 1.165) is 23.6 Å². The summed E-state index contributed by atoms with van der Waals surface area (Å²) < 4.78 is 0. The van der Waals surface area contributed by atoms with Crippen LogP contribution in [0.3, 0.4) is 0 Å². The highest BCUT2D eigenvalue weighted by molar-refractivity contribution is 7.98. The maximum atomic E-state index is 13.9. The first-order chi connectivity index (χ1) is 17.6. The second kappa shape index (κ2) is 9.03. The summed E-state index contributed by atoms with van der Waals surface area (Å²) in [4.78, 5) is 39.1. The number of nitriles is 1. The number of thioether (sulfide) groups is 1. The van der Waals surface area contributed by atoms with Crippen LogP contribution >= 0.6 is 11.8 Å². The number of piperazine rings is 1. The molecular formula is C28H29N5O3S. The molecule has 2 bridgehead atoms. The molecule has 2 aromatic carbocycles. The van der Waals surface area contributed by atoms with E-state index in [4.69, 9.17) is 4.98 Å². The molecule has 2 fully saturated rings. The Morgan fingerprint density at radius 1 is 1.16 bits per heavy atom. The summed E-state index contributed by atoms with van der Waals surface area (Å²) in [7, 11) is 0. The molecular weight excluding hydrogens is 486 g/mol. The number of nitrogens with zero attached hydrogens (tertiary/aromatic N) is 5. The van der Waals surface area contributed by atoms with Crippen molar-refractivity contribution in [1.82, 2.24) is 14.9 Å². The van der Waals surface area contributed by atoms with Gasteiger partial charge in [-0.1, -0.05) is 75.0 Å². The number of hydrogen-bond donors (Lipinski definition) is 1. The summed E-state index contributed by atoms with van der Waals surface area (Å²) in [6, 6.07) is 15.2. The van der Waals surface area contributed by atoms with Crippen molar-refractivity contribution in [2.24, 2.45) is 5.41 Å². The zero-order chi connectivity index (χ0) is 26.5. The van der Waals surface area contributed by atoms with Crippen LogP contribution < -0.4 is 4.90 Å². The topological polar surface area (TPSA) is 110 Å². The smallest absolute Gasteiger partial charge is 0.408 e. The zero-order valence-electron chi connectivity index (χ0n) is 21.4. The largest absolute Gasteiger partial charge is 0.465 e. The van der Waals surface area contributed by atoms with E-state index in [9.17, 15) is 20.0 Å². The lowest BCUT2D eigenvalue weighted by atomic mass is 9.71. The van der Waals surface area contributed by atoms with Crippen LogP contribution in [0.15, 0.2) is 47.6 Å². The Kier molecular flexibility index (Phi) is 6.11. The molecule has 1 aromatic heterocycles. The second-order valence-electron chi connectivity index (χ2n) is 10.7. The Morgan fingerprint density at radius 2 is 1.89 bits per heavy atom. The molecule has 9 heteroatoms. The molecule has 2 saturated heterocycles. The molecule has 0 aliphatic carbocycles. The van der Waals surface area contributed by atoms with Crippen molar-refractivity contribution in [1.29, 1.82) is 5.26 Å². The highest BCUT2D eigenvalue weighted by Gasteiger charge is 2.59. The summed E-state index contributed by atoms with van der Waals surface area (Å²) in [5.74, 6) is 0.0704. The first kappa shape index (κ1) is 25.0. The summed E-state index contributed by atoms with van der Waals surface area (Å²) in [6.07, 6.45) is 2.38. The van der Waals surface area contributed by atoms with E-state index < -0.39 is 11.6 Å². The van der Waals surface area contributed by atoms with E-state index in [1.54, 1.807) is 11.0 Å². The Labute approximate surface area is 220 Å². The fourth-order valence-corrected chi connectivity index (χ4v) is 6.37. The highest BCUT2D eigenvalue weighted by atomic mass is 32.2. The molecule has 5 rings (SSSR count). The monoisotopic (exact) mass is 515 g/mol. The molecule has 0 spiro atoms. The van der Waals surface area contributed by atoms with Gasteiger partial charge in [-0.25, -0.2) is 14.8 Å². The quantitative estimate of drug-likeness (QED) is 0.287. The van der Waals surface area contributed by atoms with E-state index in [-0.39, 0.29) is 28.5 Å². The molecule has 3 heterocycles. The van der Waals surface area contributed by atoms with Crippen LogP contribution in [0.2, 0.25) is 0 Å². The summed E-state index contributed by atoms with van der Waals surface area (Å²) >= 11 is 1.31. The van der Waals surface area contributed by atoms with Crippen molar-refractivity contribution >= 4 is 40.2 Å². The zero-order valence-corrected chi connectivity index (χ0v) is 22.2. The van der Waals surface area contributed by atoms with E-state index in [2.05, 4.69) is 31.8 Å². The molecule has 2 aliphatic heterocycles. The predicted molar refractivity (Wildman–Crippen MR) is 143 cm³/mol. The summed E-state index contributed by atoms with van der Waals surface area (Å²) in [5, 5.41) is 22.5. The predicted octanol–water partition coefficient (Wildman–Crippen LogP) is 5.20. The van der Waals surface area contributed by atoms with Gasteiger partial charge in [0.15, 0.2) is 11.0 Å². The number of ketones is 1. The Hall–Kier alpha value is -3.64. The van der Waals surface area contributed by atoms with Crippen molar-refractivity contribution in [3.05, 3.63) is 59.3 Å². The van der Waals surface area contributed by atoms with Gasteiger partial charge in [0.25, 0.3) is 0 Å². The number of anilines is 1. The van der Waals surface area contributed by atoms with Gasteiger partial charge in [0, 0.05) is 18.7 Å². The van der Waals surface area contributed by atoms with Crippen LogP contribution in [-0.4, -0.2) is 62.8 Å². The number of fused-ring (bicyclic) bond motifs is 3. The van der Waals surface area contributed by atoms with Crippen molar-refractivity contribution in [3.8, 4) is 6.07 Å². The third-order valence-corrected chi connectivity index (χ3v) is 8.46. The van der Waals surface area contributed by atoms with E-state index in [1.165, 1.54) is 11.8 Å². The average molecular weight is 516 g/mol. The average Bonchev–Trinajstić information content (AvgIpc) is 3.14. The first-order valence-corrected chi connectivity index (χ1v) is 13.5. The molecule has 1 N–H and O–H groups in total. The van der Waals surface area contributed by atoms with Gasteiger partial charge in [-0.2, -0.15) is 5.26 Å². The van der Waals surface area contributed by atoms with Crippen molar-refractivity contribution < 1.29 is 14.7 Å². The number of carbonyl (C=O) groups is 2. The summed E-state index contributed by atoms with van der Waals surface area (Å²) in [6.45, 7) is 6.97. The Bertz CT molecular complexity index is 1460. The van der Waals surface area contributed by atoms with Gasteiger partial charge in [-0.3, -0.25) is 9.69 Å². The van der Waals surface area contributed by atoms with Crippen LogP contribution in [0.5, 0.6) is 0 Å². The molecule has 2 aliphatic rings. The number of benzene rings is 2. The number of rotatable bonds is 4. The van der Waals surface area contributed by atoms with Gasteiger partial charge in [0.05, 0.1) is 11.6 Å². The Balaban J connectivity index is 1.65. The van der Waals surface area contributed by atoms with Gasteiger partial charge >= 0.3 is 6.09 Å². The van der Waals surface area contributed by atoms with Gasteiger partial charge < -0.3 is 10.0 Å². The lowest BCUT2D eigenvalue weighted by Crippen LogP contribution is -2.68. The number of aromatic nitrogens is 2. The van der Waals surface area contributed by atoms with Crippen molar-refractivity contribution in [3.63, 3.8) is 0 Å². The molecule has 0 unspecified atom stereocenters. The van der Waals surface area contributed by atoms with Crippen LogP contribution in [-0.2, 0) is 0 Å². The molecule has 1 amide bonds. The number of carboxylic acid groups (broad SMARTS) is 1. The molecule has 8 nitrogen and oxygen atoms in total. The number of hydrogen-bond acceptors (Lipinski definition) is 7. The second-order valence-corrected chi connectivity index (χ2v) is 11.5. The number of amides is 1. The maximum absolute atomic E-state index is 13.9. The molecule has 0 radical (unpaired) electrons. The summed E-state index contributed by atoms with van der Waals surface area (Å²) in [5.41, 5.74) is -0.302. The molecule has 0 saturated carbocycles. The van der Waals surface area contributed by atoms with Crippen LogP contribution in [0, 0.1) is 16.7 Å². The maximum Gasteiger partial charge on any atom is 0.408 e. The lowest BCUT2D eigenvalue weighted by molar-refractivity contribution is 0.00521. The normalized spacial score (nSPS) is 21.2.